The Hall–Kier alpha value is -2.43. The van der Waals surface area contributed by atoms with Crippen molar-refractivity contribution in [2.75, 3.05) is 0 Å². The van der Waals surface area contributed by atoms with Gasteiger partial charge >= 0.3 is 5.97 Å². The number of pyridine rings is 2. The van der Waals surface area contributed by atoms with Gasteiger partial charge in [0.15, 0.2) is 5.43 Å². The number of aromatic carboxylic acids is 1. The van der Waals surface area contributed by atoms with Gasteiger partial charge in [-0.2, -0.15) is 0 Å². The molecule has 0 unspecified atom stereocenters. The highest BCUT2D eigenvalue weighted by Crippen LogP contribution is 2.08. The van der Waals surface area contributed by atoms with Crippen molar-refractivity contribution in [3.8, 4) is 0 Å². The Balaban J connectivity index is 2.39. The summed E-state index contributed by atoms with van der Waals surface area (Å²) in [6.45, 7) is 4.13. The summed E-state index contributed by atoms with van der Waals surface area (Å²) < 4.78 is 1.93. The second kappa shape index (κ2) is 5.06. The summed E-state index contributed by atoms with van der Waals surface area (Å²) >= 11 is 0. The summed E-state index contributed by atoms with van der Waals surface area (Å²) in [7, 11) is 0. The first-order valence-electron chi connectivity index (χ1n) is 5.83. The Morgan fingerprint density at radius 2 is 1.89 bits per heavy atom. The van der Waals surface area contributed by atoms with E-state index in [1.54, 1.807) is 18.2 Å². The van der Waals surface area contributed by atoms with Crippen LogP contribution in [0.1, 0.15) is 27.4 Å². The zero-order valence-electron chi connectivity index (χ0n) is 10.8. The quantitative estimate of drug-likeness (QED) is 0.907. The number of aryl methyl sites for hydroxylation is 2. The van der Waals surface area contributed by atoms with Crippen LogP contribution in [0.3, 0.4) is 0 Å². The van der Waals surface area contributed by atoms with Crippen LogP contribution in [0.2, 0.25) is 0 Å². The molecule has 5 heteroatoms. The van der Waals surface area contributed by atoms with Crippen LogP contribution in [0.5, 0.6) is 0 Å². The summed E-state index contributed by atoms with van der Waals surface area (Å²) in [5.41, 5.74) is 2.48. The van der Waals surface area contributed by atoms with Crippen LogP contribution in [0.25, 0.3) is 0 Å². The third kappa shape index (κ3) is 2.88. The topological polar surface area (TPSA) is 72.2 Å². The number of nitrogens with zero attached hydrogens (tertiary/aromatic N) is 2. The van der Waals surface area contributed by atoms with Crippen LogP contribution < -0.4 is 5.43 Å². The first-order valence-corrected chi connectivity index (χ1v) is 5.83. The van der Waals surface area contributed by atoms with E-state index in [-0.39, 0.29) is 11.0 Å². The van der Waals surface area contributed by atoms with E-state index in [2.05, 4.69) is 4.98 Å². The molecular weight excluding hydrogens is 244 g/mol. The summed E-state index contributed by atoms with van der Waals surface area (Å²) in [5, 5.41) is 8.95. The first-order chi connectivity index (χ1) is 8.97. The molecule has 0 spiro atoms. The van der Waals surface area contributed by atoms with Gasteiger partial charge in [0.25, 0.3) is 0 Å². The Morgan fingerprint density at radius 3 is 2.47 bits per heavy atom. The number of carboxylic acid groups (broad SMARTS) is 1. The number of carbonyl (C=O) groups is 1. The molecule has 0 bridgehead atoms. The van der Waals surface area contributed by atoms with Crippen LogP contribution in [-0.4, -0.2) is 20.6 Å². The van der Waals surface area contributed by atoms with Gasteiger partial charge in [0, 0.05) is 29.7 Å². The van der Waals surface area contributed by atoms with Gasteiger partial charge in [0.05, 0.1) is 17.8 Å². The molecule has 5 nitrogen and oxygen atoms in total. The normalized spacial score (nSPS) is 10.4. The van der Waals surface area contributed by atoms with E-state index in [4.69, 9.17) is 5.11 Å². The molecule has 0 aliphatic heterocycles. The summed E-state index contributed by atoms with van der Waals surface area (Å²) in [5.74, 6) is -0.975. The molecule has 0 aromatic carbocycles. The number of aromatic nitrogens is 2. The van der Waals surface area contributed by atoms with E-state index >= 15 is 0 Å². The molecule has 0 saturated heterocycles. The van der Waals surface area contributed by atoms with Gasteiger partial charge in [-0.1, -0.05) is 0 Å². The molecule has 2 aromatic rings. The Labute approximate surface area is 110 Å². The molecule has 0 aliphatic rings. The fraction of sp³-hybridized carbons (Fsp3) is 0.214. The molecule has 0 atom stereocenters. The minimum atomic E-state index is -0.975. The molecule has 0 saturated carbocycles. The van der Waals surface area contributed by atoms with Gasteiger partial charge in [0.1, 0.15) is 0 Å². The third-order valence-corrected chi connectivity index (χ3v) is 2.94. The smallest absolute Gasteiger partial charge is 0.335 e. The minimum absolute atomic E-state index is 0.0292. The fourth-order valence-electron chi connectivity index (χ4n) is 2.00. The predicted molar refractivity (Wildman–Crippen MR) is 70.5 cm³/mol. The molecular formula is C14H14N2O3. The fourth-order valence-corrected chi connectivity index (χ4v) is 2.00. The highest BCUT2D eigenvalue weighted by Gasteiger charge is 2.07. The lowest BCUT2D eigenvalue weighted by atomic mass is 10.2. The molecule has 2 aromatic heterocycles. The van der Waals surface area contributed by atoms with Crippen molar-refractivity contribution in [2.24, 2.45) is 0 Å². The van der Waals surface area contributed by atoms with Crippen molar-refractivity contribution in [2.45, 2.75) is 20.4 Å². The largest absolute Gasteiger partial charge is 0.478 e. The Morgan fingerprint density at radius 1 is 1.26 bits per heavy atom. The molecule has 2 rings (SSSR count). The highest BCUT2D eigenvalue weighted by atomic mass is 16.4. The van der Waals surface area contributed by atoms with E-state index < -0.39 is 5.97 Å². The molecule has 19 heavy (non-hydrogen) atoms. The number of carboxylic acids is 1. The van der Waals surface area contributed by atoms with Crippen molar-refractivity contribution < 1.29 is 9.90 Å². The maximum absolute atomic E-state index is 11.4. The second-order valence-electron chi connectivity index (χ2n) is 4.40. The van der Waals surface area contributed by atoms with E-state index in [0.717, 1.165) is 11.4 Å². The number of rotatable bonds is 3. The molecule has 2 heterocycles. The Bertz CT molecular complexity index is 663. The van der Waals surface area contributed by atoms with Crippen LogP contribution in [0, 0.1) is 13.8 Å². The lowest BCUT2D eigenvalue weighted by molar-refractivity contribution is 0.0696. The van der Waals surface area contributed by atoms with E-state index in [0.29, 0.717) is 12.2 Å². The SMILES string of the molecule is Cc1cc(=O)cc(C)n1Cc1cc(C(=O)O)ccn1. The zero-order valence-corrected chi connectivity index (χ0v) is 10.8. The predicted octanol–water partition coefficient (Wildman–Crippen LogP) is 1.61. The molecule has 0 aliphatic carbocycles. The van der Waals surface area contributed by atoms with Crippen molar-refractivity contribution in [3.63, 3.8) is 0 Å². The standard InChI is InChI=1S/C14H14N2O3/c1-9-5-13(17)6-10(2)16(9)8-12-7-11(14(18)19)3-4-15-12/h3-7H,8H2,1-2H3,(H,18,19). The van der Waals surface area contributed by atoms with Crippen molar-refractivity contribution in [3.05, 3.63) is 63.3 Å². The number of hydrogen-bond acceptors (Lipinski definition) is 3. The maximum atomic E-state index is 11.4. The van der Waals surface area contributed by atoms with Crippen LogP contribution in [0.15, 0.2) is 35.3 Å². The van der Waals surface area contributed by atoms with Gasteiger partial charge in [-0.05, 0) is 26.0 Å². The van der Waals surface area contributed by atoms with Crippen molar-refractivity contribution in [1.82, 2.24) is 9.55 Å². The van der Waals surface area contributed by atoms with Gasteiger partial charge in [-0.3, -0.25) is 9.78 Å². The van der Waals surface area contributed by atoms with Gasteiger partial charge in [-0.25, -0.2) is 4.79 Å². The van der Waals surface area contributed by atoms with E-state index in [1.807, 2.05) is 18.4 Å². The molecule has 98 valence electrons. The van der Waals surface area contributed by atoms with Gasteiger partial charge in [-0.15, -0.1) is 0 Å². The molecule has 0 fully saturated rings. The highest BCUT2D eigenvalue weighted by molar-refractivity contribution is 5.87. The van der Waals surface area contributed by atoms with Gasteiger partial charge in [0.2, 0.25) is 0 Å². The van der Waals surface area contributed by atoms with Crippen molar-refractivity contribution >= 4 is 5.97 Å². The molecule has 1 N–H and O–H groups in total. The molecule has 0 radical (unpaired) electrons. The Kier molecular flexibility index (Phi) is 3.46. The summed E-state index contributed by atoms with van der Waals surface area (Å²) in [6, 6.07) is 6.10. The third-order valence-electron chi connectivity index (χ3n) is 2.94. The number of hydrogen-bond donors (Lipinski definition) is 1. The lowest BCUT2D eigenvalue weighted by Crippen LogP contribution is -2.14. The second-order valence-corrected chi connectivity index (χ2v) is 4.40. The lowest BCUT2D eigenvalue weighted by Gasteiger charge is -2.13. The van der Waals surface area contributed by atoms with Crippen LogP contribution in [0.4, 0.5) is 0 Å². The average molecular weight is 258 g/mol. The van der Waals surface area contributed by atoms with Crippen LogP contribution >= 0.6 is 0 Å². The van der Waals surface area contributed by atoms with Crippen molar-refractivity contribution in [1.29, 1.82) is 0 Å². The maximum Gasteiger partial charge on any atom is 0.335 e. The average Bonchev–Trinajstić information content (AvgIpc) is 2.34. The molecule has 0 amide bonds. The monoisotopic (exact) mass is 258 g/mol. The van der Waals surface area contributed by atoms with Crippen LogP contribution in [-0.2, 0) is 6.54 Å². The van der Waals surface area contributed by atoms with E-state index in [9.17, 15) is 9.59 Å². The minimum Gasteiger partial charge on any atom is -0.478 e. The summed E-state index contributed by atoms with van der Waals surface area (Å²) in [4.78, 5) is 26.4. The summed E-state index contributed by atoms with van der Waals surface area (Å²) in [6.07, 6.45) is 1.48. The first kappa shape index (κ1) is 13.0. The van der Waals surface area contributed by atoms with E-state index in [1.165, 1.54) is 12.3 Å². The van der Waals surface area contributed by atoms with Gasteiger partial charge < -0.3 is 9.67 Å². The zero-order chi connectivity index (χ0) is 14.0.